The van der Waals surface area contributed by atoms with Crippen LogP contribution in [0.3, 0.4) is 0 Å². The third kappa shape index (κ3) is 4.54. The Morgan fingerprint density at radius 3 is 2.56 bits per heavy atom. The summed E-state index contributed by atoms with van der Waals surface area (Å²) in [4.78, 5) is 16.0. The van der Waals surface area contributed by atoms with Gasteiger partial charge in [-0.05, 0) is 53.9 Å². The fraction of sp³-hybridized carbons (Fsp3) is 0.192. The van der Waals surface area contributed by atoms with Gasteiger partial charge in [0.15, 0.2) is 11.5 Å². The van der Waals surface area contributed by atoms with Crippen LogP contribution in [0.25, 0.3) is 10.9 Å². The summed E-state index contributed by atoms with van der Waals surface area (Å²) in [5, 5.41) is 7.06. The van der Waals surface area contributed by atoms with Crippen LogP contribution in [0.15, 0.2) is 72.9 Å². The molecule has 6 nitrogen and oxygen atoms in total. The first-order chi connectivity index (χ1) is 15.6. The van der Waals surface area contributed by atoms with Gasteiger partial charge in [0.05, 0.1) is 14.2 Å². The van der Waals surface area contributed by atoms with Gasteiger partial charge >= 0.3 is 6.03 Å². The summed E-state index contributed by atoms with van der Waals surface area (Å²) in [6.45, 7) is 2.40. The summed E-state index contributed by atoms with van der Waals surface area (Å²) in [6, 6.07) is 21.5. The Labute approximate surface area is 187 Å². The number of para-hydroxylation sites is 1. The third-order valence-electron chi connectivity index (χ3n) is 5.55. The molecule has 0 saturated carbocycles. The maximum absolute atomic E-state index is 12.6. The Hall–Kier alpha value is -3.93. The molecule has 0 fully saturated rings. The molecule has 0 aliphatic heterocycles. The Kier molecular flexibility index (Phi) is 6.31. The van der Waals surface area contributed by atoms with E-state index < -0.39 is 0 Å². The van der Waals surface area contributed by atoms with E-state index in [1.165, 1.54) is 0 Å². The number of hydrogen-bond donors (Lipinski definition) is 3. The number of carbonyl (C=O) groups is 1. The standard InChI is InChI=1S/C26H27N3O3/c1-17-7-6-8-19(13-17)29-26(30)28-15-21(18-11-12-24(31-2)25(14-18)32-3)22-16-27-23-10-5-4-9-20(22)23/h4-14,16,21,27H,15H2,1-3H3,(H2,28,29,30)/t21-/m0/s1. The molecule has 4 rings (SSSR count). The number of rotatable bonds is 7. The van der Waals surface area contributed by atoms with Crippen LogP contribution in [-0.4, -0.2) is 31.8 Å². The van der Waals surface area contributed by atoms with Gasteiger partial charge in [-0.15, -0.1) is 0 Å². The number of carbonyl (C=O) groups excluding carboxylic acids is 1. The van der Waals surface area contributed by atoms with E-state index in [0.29, 0.717) is 18.0 Å². The highest BCUT2D eigenvalue weighted by Gasteiger charge is 2.21. The quantitative estimate of drug-likeness (QED) is 0.366. The Balaban J connectivity index is 1.63. The molecule has 0 aliphatic carbocycles. The number of fused-ring (bicyclic) bond motifs is 1. The van der Waals surface area contributed by atoms with Crippen molar-refractivity contribution < 1.29 is 14.3 Å². The van der Waals surface area contributed by atoms with Gasteiger partial charge < -0.3 is 25.1 Å². The highest BCUT2D eigenvalue weighted by molar-refractivity contribution is 5.89. The fourth-order valence-electron chi connectivity index (χ4n) is 3.95. The molecule has 1 atom stereocenters. The molecule has 1 aromatic heterocycles. The van der Waals surface area contributed by atoms with Gasteiger partial charge in [0.1, 0.15) is 0 Å². The van der Waals surface area contributed by atoms with E-state index in [1.54, 1.807) is 14.2 Å². The first kappa shape index (κ1) is 21.3. The minimum Gasteiger partial charge on any atom is -0.493 e. The molecule has 0 bridgehead atoms. The van der Waals surface area contributed by atoms with Crippen LogP contribution in [-0.2, 0) is 0 Å². The number of anilines is 1. The monoisotopic (exact) mass is 429 g/mol. The molecule has 0 unspecified atom stereocenters. The Bertz CT molecular complexity index is 1230. The van der Waals surface area contributed by atoms with Crippen molar-refractivity contribution in [2.24, 2.45) is 0 Å². The van der Waals surface area contributed by atoms with Crippen molar-refractivity contribution in [3.8, 4) is 11.5 Å². The summed E-state index contributed by atoms with van der Waals surface area (Å²) >= 11 is 0. The fourth-order valence-corrected chi connectivity index (χ4v) is 3.95. The number of aromatic amines is 1. The number of nitrogens with one attached hydrogen (secondary N) is 3. The number of methoxy groups -OCH3 is 2. The number of hydrogen-bond acceptors (Lipinski definition) is 3. The zero-order valence-corrected chi connectivity index (χ0v) is 18.4. The Morgan fingerprint density at radius 1 is 0.969 bits per heavy atom. The highest BCUT2D eigenvalue weighted by Crippen LogP contribution is 2.35. The predicted molar refractivity (Wildman–Crippen MR) is 128 cm³/mol. The maximum Gasteiger partial charge on any atom is 0.319 e. The number of urea groups is 1. The number of ether oxygens (including phenoxy) is 2. The van der Waals surface area contributed by atoms with Crippen LogP contribution in [0.2, 0.25) is 0 Å². The van der Waals surface area contributed by atoms with Crippen LogP contribution >= 0.6 is 0 Å². The lowest BCUT2D eigenvalue weighted by molar-refractivity contribution is 0.252. The highest BCUT2D eigenvalue weighted by atomic mass is 16.5. The maximum atomic E-state index is 12.6. The number of H-pyrrole nitrogens is 1. The number of aromatic nitrogens is 1. The van der Waals surface area contributed by atoms with Crippen LogP contribution in [0.1, 0.15) is 22.6 Å². The second-order valence-electron chi connectivity index (χ2n) is 7.66. The van der Waals surface area contributed by atoms with E-state index in [9.17, 15) is 4.79 Å². The van der Waals surface area contributed by atoms with Gasteiger partial charge in [0.25, 0.3) is 0 Å². The lowest BCUT2D eigenvalue weighted by Gasteiger charge is -2.20. The molecule has 0 saturated heterocycles. The SMILES string of the molecule is COc1ccc([C@H](CNC(=O)Nc2cccc(C)c2)c2c[nH]c3ccccc23)cc1OC. The number of benzene rings is 3. The summed E-state index contributed by atoms with van der Waals surface area (Å²) in [5.41, 5.74) is 5.02. The summed E-state index contributed by atoms with van der Waals surface area (Å²) < 4.78 is 10.9. The summed E-state index contributed by atoms with van der Waals surface area (Å²) in [7, 11) is 3.24. The van der Waals surface area contributed by atoms with E-state index in [2.05, 4.69) is 21.7 Å². The largest absolute Gasteiger partial charge is 0.493 e. The van der Waals surface area contributed by atoms with E-state index in [1.807, 2.05) is 73.8 Å². The second-order valence-corrected chi connectivity index (χ2v) is 7.66. The topological polar surface area (TPSA) is 75.4 Å². The van der Waals surface area contributed by atoms with Gasteiger partial charge in [0.2, 0.25) is 0 Å². The molecule has 6 heteroatoms. The van der Waals surface area contributed by atoms with Crippen molar-refractivity contribution in [1.29, 1.82) is 0 Å². The van der Waals surface area contributed by atoms with Gasteiger partial charge in [0, 0.05) is 35.2 Å². The van der Waals surface area contributed by atoms with Gasteiger partial charge in [-0.25, -0.2) is 4.79 Å². The van der Waals surface area contributed by atoms with Crippen molar-refractivity contribution in [2.75, 3.05) is 26.1 Å². The van der Waals surface area contributed by atoms with Crippen LogP contribution in [0, 0.1) is 6.92 Å². The molecule has 164 valence electrons. The Morgan fingerprint density at radius 2 is 1.78 bits per heavy atom. The molecular weight excluding hydrogens is 402 g/mol. The molecule has 32 heavy (non-hydrogen) atoms. The van der Waals surface area contributed by atoms with Crippen LogP contribution in [0.5, 0.6) is 11.5 Å². The zero-order chi connectivity index (χ0) is 22.5. The average molecular weight is 430 g/mol. The molecule has 0 aliphatic rings. The van der Waals surface area contributed by atoms with Crippen molar-refractivity contribution in [1.82, 2.24) is 10.3 Å². The van der Waals surface area contributed by atoms with Gasteiger partial charge in [-0.1, -0.05) is 36.4 Å². The lowest BCUT2D eigenvalue weighted by Crippen LogP contribution is -2.32. The summed E-state index contributed by atoms with van der Waals surface area (Å²) in [6.07, 6.45) is 2.01. The van der Waals surface area contributed by atoms with E-state index in [-0.39, 0.29) is 11.9 Å². The number of aryl methyl sites for hydroxylation is 1. The van der Waals surface area contributed by atoms with Gasteiger partial charge in [-0.3, -0.25) is 0 Å². The van der Waals surface area contributed by atoms with Crippen molar-refractivity contribution in [2.45, 2.75) is 12.8 Å². The van der Waals surface area contributed by atoms with Crippen molar-refractivity contribution in [3.63, 3.8) is 0 Å². The molecule has 3 N–H and O–H groups in total. The van der Waals surface area contributed by atoms with Crippen LogP contribution < -0.4 is 20.1 Å². The molecule has 3 aromatic carbocycles. The molecule has 0 radical (unpaired) electrons. The first-order valence-electron chi connectivity index (χ1n) is 10.5. The molecule has 4 aromatic rings. The first-order valence-corrected chi connectivity index (χ1v) is 10.5. The third-order valence-corrected chi connectivity index (χ3v) is 5.55. The molecule has 0 spiro atoms. The smallest absolute Gasteiger partial charge is 0.319 e. The van der Waals surface area contributed by atoms with Crippen LogP contribution in [0.4, 0.5) is 10.5 Å². The van der Waals surface area contributed by atoms with E-state index in [0.717, 1.165) is 33.3 Å². The number of amides is 2. The minimum absolute atomic E-state index is 0.0887. The van der Waals surface area contributed by atoms with Crippen molar-refractivity contribution in [3.05, 3.63) is 89.6 Å². The second kappa shape index (κ2) is 9.47. The normalized spacial score (nSPS) is 11.7. The zero-order valence-electron chi connectivity index (χ0n) is 18.4. The van der Waals surface area contributed by atoms with Crippen molar-refractivity contribution >= 4 is 22.6 Å². The summed E-state index contributed by atoms with van der Waals surface area (Å²) in [5.74, 6) is 1.23. The lowest BCUT2D eigenvalue weighted by atomic mass is 9.90. The molecule has 1 heterocycles. The minimum atomic E-state index is -0.249. The molecular formula is C26H27N3O3. The van der Waals surface area contributed by atoms with E-state index >= 15 is 0 Å². The van der Waals surface area contributed by atoms with Gasteiger partial charge in [-0.2, -0.15) is 0 Å². The molecule has 2 amide bonds. The average Bonchev–Trinajstić information content (AvgIpc) is 3.23. The predicted octanol–water partition coefficient (Wildman–Crippen LogP) is 5.45. The van der Waals surface area contributed by atoms with E-state index in [4.69, 9.17) is 9.47 Å².